The first-order chi connectivity index (χ1) is 35.5. The molecule has 12 heteroatoms. The molecule has 0 spiro atoms. The molecule has 4 heterocycles. The molecule has 0 fully saturated rings. The lowest BCUT2D eigenvalue weighted by Gasteiger charge is -2.23. The van der Waals surface area contributed by atoms with Crippen LogP contribution < -0.4 is 0 Å². The highest BCUT2D eigenvalue weighted by Gasteiger charge is 2.40. The number of halogens is 8. The van der Waals surface area contributed by atoms with Crippen molar-refractivity contribution in [2.24, 2.45) is 0 Å². The van der Waals surface area contributed by atoms with Gasteiger partial charge in [-0.2, -0.15) is 13.2 Å². The molecule has 0 bridgehead atoms. The predicted molar refractivity (Wildman–Crippen MR) is 274 cm³/mol. The molecule has 10 aromatic carbocycles. The third-order valence-corrected chi connectivity index (χ3v) is 14.3. The highest BCUT2D eigenvalue weighted by molar-refractivity contribution is 6.14. The molecule has 0 unspecified atom stereocenters. The quantitative estimate of drug-likeness (QED) is 0.0930. The zero-order chi connectivity index (χ0) is 49.6. The Bertz CT molecular complexity index is 4300. The average molecular weight is 973 g/mol. The summed E-state index contributed by atoms with van der Waals surface area (Å²) in [4.78, 5) is 0. The SMILES string of the molecule is Fc1c(F)c(F)c(-c2cc(-n3c4ccccc4c4cc(-n5c6ccccc6c6ccccc65)ccc43)c(C(F)(F)F)c(-n3c4ccccc4c4cc(-n5c6ccccc6c6ccccc65)ccc43)c2)c(F)c1F. The van der Waals surface area contributed by atoms with Gasteiger partial charge in [-0.15, -0.1) is 0 Å². The summed E-state index contributed by atoms with van der Waals surface area (Å²) in [6.07, 6.45) is -5.19. The van der Waals surface area contributed by atoms with E-state index >= 15 is 30.7 Å². The third-order valence-electron chi connectivity index (χ3n) is 14.3. The van der Waals surface area contributed by atoms with Crippen LogP contribution in [0.1, 0.15) is 5.56 Å². The maximum atomic E-state index is 16.7. The summed E-state index contributed by atoms with van der Waals surface area (Å²) in [7, 11) is 0. The first kappa shape index (κ1) is 42.7. The summed E-state index contributed by atoms with van der Waals surface area (Å²) >= 11 is 0. The van der Waals surface area contributed by atoms with Crippen LogP contribution in [0.4, 0.5) is 35.1 Å². The molecular formula is C61H32F8N4. The van der Waals surface area contributed by atoms with E-state index in [1.807, 2.05) is 109 Å². The van der Waals surface area contributed by atoms with Gasteiger partial charge in [-0.05, 0) is 90.5 Å². The summed E-state index contributed by atoms with van der Waals surface area (Å²) in [5, 5.41) is 6.18. The molecule has 0 aliphatic carbocycles. The van der Waals surface area contributed by atoms with Gasteiger partial charge in [0.1, 0.15) is 5.56 Å². The lowest BCUT2D eigenvalue weighted by atomic mass is 9.97. The number of hydrogen-bond acceptors (Lipinski definition) is 0. The van der Waals surface area contributed by atoms with Gasteiger partial charge in [0.2, 0.25) is 5.82 Å². The van der Waals surface area contributed by atoms with Gasteiger partial charge in [0.25, 0.3) is 0 Å². The van der Waals surface area contributed by atoms with Crippen molar-refractivity contribution in [3.63, 3.8) is 0 Å². The summed E-state index contributed by atoms with van der Waals surface area (Å²) in [5.41, 5.74) is 1.71. The average Bonchev–Trinajstić information content (AvgIpc) is 4.14. The number of nitrogens with zero attached hydrogens (tertiary/aromatic N) is 4. The fraction of sp³-hybridized carbons (Fsp3) is 0.0164. The topological polar surface area (TPSA) is 19.7 Å². The van der Waals surface area contributed by atoms with Crippen molar-refractivity contribution < 1.29 is 35.1 Å². The van der Waals surface area contributed by atoms with Gasteiger partial charge in [0.15, 0.2) is 23.3 Å². The minimum atomic E-state index is -5.19. The third kappa shape index (κ3) is 6.00. The van der Waals surface area contributed by atoms with Gasteiger partial charge in [-0.1, -0.05) is 109 Å². The lowest BCUT2D eigenvalue weighted by molar-refractivity contribution is -0.137. The highest BCUT2D eigenvalue weighted by Crippen LogP contribution is 2.48. The summed E-state index contributed by atoms with van der Waals surface area (Å²) in [6.45, 7) is 0. The molecular weight excluding hydrogens is 941 g/mol. The van der Waals surface area contributed by atoms with E-state index in [0.29, 0.717) is 44.0 Å². The number of rotatable bonds is 5. The summed E-state index contributed by atoms with van der Waals surface area (Å²) < 4.78 is 135. The minimum Gasteiger partial charge on any atom is -0.309 e. The first-order valence-corrected chi connectivity index (χ1v) is 23.3. The van der Waals surface area contributed by atoms with E-state index in [4.69, 9.17) is 0 Å². The number of aromatic nitrogens is 4. The van der Waals surface area contributed by atoms with E-state index in [-0.39, 0.29) is 11.0 Å². The Kier molecular flexibility index (Phi) is 9.02. The highest BCUT2D eigenvalue weighted by atomic mass is 19.4. The first-order valence-electron chi connectivity index (χ1n) is 23.3. The smallest absolute Gasteiger partial charge is 0.309 e. The molecule has 352 valence electrons. The van der Waals surface area contributed by atoms with Crippen LogP contribution in [0.3, 0.4) is 0 Å². The van der Waals surface area contributed by atoms with Gasteiger partial charge in [-0.25, -0.2) is 22.0 Å². The van der Waals surface area contributed by atoms with Crippen molar-refractivity contribution >= 4 is 87.2 Å². The molecule has 4 nitrogen and oxygen atoms in total. The van der Waals surface area contributed by atoms with Crippen molar-refractivity contribution in [3.05, 3.63) is 229 Å². The Balaban J connectivity index is 1.10. The molecule has 0 N–H and O–H groups in total. The fourth-order valence-corrected chi connectivity index (χ4v) is 11.4. The molecule has 0 aliphatic heterocycles. The fourth-order valence-electron chi connectivity index (χ4n) is 11.4. The number of benzene rings is 10. The van der Waals surface area contributed by atoms with Crippen LogP contribution in [0.15, 0.2) is 194 Å². The maximum absolute atomic E-state index is 16.7. The second kappa shape index (κ2) is 15.4. The van der Waals surface area contributed by atoms with Crippen LogP contribution in [0.25, 0.3) is 121 Å². The number of hydrogen-bond donors (Lipinski definition) is 0. The molecule has 0 saturated carbocycles. The number of para-hydroxylation sites is 6. The van der Waals surface area contributed by atoms with Crippen molar-refractivity contribution in [2.75, 3.05) is 0 Å². The molecule has 0 aliphatic rings. The van der Waals surface area contributed by atoms with Gasteiger partial charge in [0, 0.05) is 54.5 Å². The van der Waals surface area contributed by atoms with Crippen molar-refractivity contribution in [1.29, 1.82) is 0 Å². The van der Waals surface area contributed by atoms with Crippen molar-refractivity contribution in [1.82, 2.24) is 18.3 Å². The zero-order valence-electron chi connectivity index (χ0n) is 37.8. The predicted octanol–water partition coefficient (Wildman–Crippen LogP) is 17.5. The monoisotopic (exact) mass is 972 g/mol. The second-order valence-corrected chi connectivity index (χ2v) is 18.2. The minimum absolute atomic E-state index is 0.287. The van der Waals surface area contributed by atoms with E-state index < -0.39 is 63.3 Å². The molecule has 0 saturated heterocycles. The molecule has 4 aromatic heterocycles. The summed E-state index contributed by atoms with van der Waals surface area (Å²) in [5.74, 6) is -11.2. The second-order valence-electron chi connectivity index (χ2n) is 18.2. The van der Waals surface area contributed by atoms with E-state index in [9.17, 15) is 4.39 Å². The Morgan fingerprint density at radius 3 is 0.877 bits per heavy atom. The Morgan fingerprint density at radius 2 is 0.548 bits per heavy atom. The molecule has 0 radical (unpaired) electrons. The van der Waals surface area contributed by atoms with Gasteiger partial charge >= 0.3 is 6.18 Å². The van der Waals surface area contributed by atoms with Gasteiger partial charge in [0.05, 0.1) is 61.1 Å². The number of alkyl halides is 3. The van der Waals surface area contributed by atoms with Crippen molar-refractivity contribution in [2.45, 2.75) is 6.18 Å². The van der Waals surface area contributed by atoms with E-state index in [1.54, 1.807) is 72.8 Å². The lowest BCUT2D eigenvalue weighted by Crippen LogP contribution is -2.16. The van der Waals surface area contributed by atoms with Gasteiger partial charge in [-0.3, -0.25) is 0 Å². The Labute approximate surface area is 408 Å². The molecule has 73 heavy (non-hydrogen) atoms. The van der Waals surface area contributed by atoms with Gasteiger partial charge < -0.3 is 18.3 Å². The van der Waals surface area contributed by atoms with Crippen LogP contribution in [0, 0.1) is 29.1 Å². The largest absolute Gasteiger partial charge is 0.420 e. The van der Waals surface area contributed by atoms with E-state index in [2.05, 4.69) is 9.13 Å². The van der Waals surface area contributed by atoms with Crippen LogP contribution in [0.2, 0.25) is 0 Å². The Morgan fingerprint density at radius 1 is 0.274 bits per heavy atom. The Hall–Kier alpha value is -9.16. The normalized spacial score (nSPS) is 12.4. The van der Waals surface area contributed by atoms with E-state index in [1.165, 1.54) is 9.13 Å². The number of fused-ring (bicyclic) bond motifs is 12. The molecule has 14 rings (SSSR count). The zero-order valence-corrected chi connectivity index (χ0v) is 37.8. The maximum Gasteiger partial charge on any atom is 0.420 e. The summed E-state index contributed by atoms with van der Waals surface area (Å²) in [6, 6.07) is 57.7. The van der Waals surface area contributed by atoms with Crippen LogP contribution in [0.5, 0.6) is 0 Å². The van der Waals surface area contributed by atoms with Crippen LogP contribution in [-0.4, -0.2) is 18.3 Å². The van der Waals surface area contributed by atoms with E-state index in [0.717, 1.165) is 55.7 Å². The standard InChI is InChI=1S/C61H32F8N4/c62-56-54(57(63)59(65)60(66)58(56)64)33-29-52(72-48-23-11-5-17-40(48)42-31-34(25-27-50(42)72)70-44-19-7-1-13-36(44)37-14-2-8-20-45(37)70)55(61(67,68)69)53(30-33)73-49-24-12-6-18-41(49)43-32-35(26-28-51(43)73)71-46-21-9-3-15-38(46)39-16-4-10-22-47(39)71/h1-32H. The molecule has 14 aromatic rings. The molecule has 0 amide bonds. The van der Waals surface area contributed by atoms with Crippen LogP contribution >= 0.6 is 0 Å². The van der Waals surface area contributed by atoms with Crippen molar-refractivity contribution in [3.8, 4) is 33.9 Å². The van der Waals surface area contributed by atoms with Crippen LogP contribution in [-0.2, 0) is 6.18 Å². The molecule has 0 atom stereocenters.